The summed E-state index contributed by atoms with van der Waals surface area (Å²) in [5.41, 5.74) is 0.904. The first-order chi connectivity index (χ1) is 8.22. The number of thiophene rings is 1. The van der Waals surface area contributed by atoms with E-state index in [2.05, 4.69) is 6.92 Å². The molecule has 0 N–H and O–H groups in total. The van der Waals surface area contributed by atoms with E-state index in [0.29, 0.717) is 5.88 Å². The summed E-state index contributed by atoms with van der Waals surface area (Å²) in [7, 11) is 0. The van der Waals surface area contributed by atoms with E-state index in [9.17, 15) is 4.79 Å². The Morgan fingerprint density at radius 3 is 3.06 bits per heavy atom. The number of unbranched alkanes of at least 4 members (excludes halogenated alkanes) is 1. The van der Waals surface area contributed by atoms with Gasteiger partial charge < -0.3 is 4.90 Å². The highest BCUT2D eigenvalue weighted by molar-refractivity contribution is 8.01. The first-order valence-electron chi connectivity index (χ1n) is 5.81. The van der Waals surface area contributed by atoms with Crippen LogP contribution in [0, 0.1) is 6.92 Å². The van der Waals surface area contributed by atoms with Gasteiger partial charge in [0, 0.05) is 29.6 Å². The van der Waals surface area contributed by atoms with Crippen molar-refractivity contribution in [1.29, 1.82) is 0 Å². The lowest BCUT2D eigenvalue weighted by Gasteiger charge is -2.19. The SMILES string of the molecule is Cc1cc2c(s1)SCCN(CCCCCl)C2=O. The topological polar surface area (TPSA) is 20.3 Å². The third-order valence-electron chi connectivity index (χ3n) is 2.74. The molecule has 0 atom stereocenters. The number of alkyl halides is 1. The van der Waals surface area contributed by atoms with Gasteiger partial charge >= 0.3 is 0 Å². The van der Waals surface area contributed by atoms with Crippen molar-refractivity contribution in [2.24, 2.45) is 0 Å². The third kappa shape index (κ3) is 3.18. The molecule has 0 aliphatic carbocycles. The van der Waals surface area contributed by atoms with Crippen LogP contribution >= 0.6 is 34.7 Å². The monoisotopic (exact) mass is 289 g/mol. The molecule has 2 rings (SSSR count). The Balaban J connectivity index is 2.08. The van der Waals surface area contributed by atoms with Crippen LogP contribution in [-0.4, -0.2) is 35.5 Å². The number of hydrogen-bond donors (Lipinski definition) is 0. The van der Waals surface area contributed by atoms with Gasteiger partial charge in [-0.15, -0.1) is 34.7 Å². The zero-order valence-corrected chi connectivity index (χ0v) is 12.3. The Morgan fingerprint density at radius 1 is 1.47 bits per heavy atom. The maximum atomic E-state index is 12.3. The fraction of sp³-hybridized carbons (Fsp3) is 0.583. The van der Waals surface area contributed by atoms with Crippen molar-refractivity contribution in [2.45, 2.75) is 24.0 Å². The van der Waals surface area contributed by atoms with Gasteiger partial charge in [0.05, 0.1) is 9.77 Å². The molecule has 1 aromatic heterocycles. The highest BCUT2D eigenvalue weighted by Crippen LogP contribution is 2.34. The van der Waals surface area contributed by atoms with Crippen LogP contribution in [0.4, 0.5) is 0 Å². The summed E-state index contributed by atoms with van der Waals surface area (Å²) in [5, 5.41) is 0. The number of carbonyl (C=O) groups is 1. The van der Waals surface area contributed by atoms with E-state index in [1.165, 1.54) is 9.09 Å². The summed E-state index contributed by atoms with van der Waals surface area (Å²) in [5.74, 6) is 1.88. The van der Waals surface area contributed by atoms with Gasteiger partial charge in [0.1, 0.15) is 0 Å². The number of amides is 1. The van der Waals surface area contributed by atoms with Crippen LogP contribution in [0.5, 0.6) is 0 Å². The quantitative estimate of drug-likeness (QED) is 0.623. The maximum absolute atomic E-state index is 12.3. The number of aryl methyl sites for hydroxylation is 1. The van der Waals surface area contributed by atoms with Crippen molar-refractivity contribution < 1.29 is 4.79 Å². The van der Waals surface area contributed by atoms with Crippen LogP contribution in [0.3, 0.4) is 0 Å². The molecule has 0 bridgehead atoms. The van der Waals surface area contributed by atoms with Gasteiger partial charge in [-0.3, -0.25) is 4.79 Å². The van der Waals surface area contributed by atoms with Crippen molar-refractivity contribution in [2.75, 3.05) is 24.7 Å². The van der Waals surface area contributed by atoms with Crippen LogP contribution in [0.25, 0.3) is 0 Å². The lowest BCUT2D eigenvalue weighted by molar-refractivity contribution is 0.0763. The molecule has 94 valence electrons. The highest BCUT2D eigenvalue weighted by Gasteiger charge is 2.24. The van der Waals surface area contributed by atoms with Crippen LogP contribution in [0.2, 0.25) is 0 Å². The van der Waals surface area contributed by atoms with Gasteiger partial charge in [-0.05, 0) is 25.8 Å². The second-order valence-electron chi connectivity index (χ2n) is 4.09. The standard InChI is InChI=1S/C12H16ClNOS2/c1-9-8-10-11(15)14(5-3-2-4-13)6-7-16-12(10)17-9/h8H,2-7H2,1H3. The van der Waals surface area contributed by atoms with Gasteiger partial charge in [0.25, 0.3) is 5.91 Å². The summed E-state index contributed by atoms with van der Waals surface area (Å²) >= 11 is 9.21. The Hall–Kier alpha value is -0.190. The molecule has 2 heterocycles. The summed E-state index contributed by atoms with van der Waals surface area (Å²) in [4.78, 5) is 15.5. The molecule has 0 unspecified atom stereocenters. The molecule has 2 nitrogen and oxygen atoms in total. The molecule has 0 spiro atoms. The molecule has 1 aliphatic heterocycles. The van der Waals surface area contributed by atoms with Gasteiger partial charge in [0.15, 0.2) is 0 Å². The molecule has 0 saturated heterocycles. The van der Waals surface area contributed by atoms with Crippen LogP contribution < -0.4 is 0 Å². The molecule has 0 aromatic carbocycles. The molecule has 17 heavy (non-hydrogen) atoms. The number of thioether (sulfide) groups is 1. The average Bonchev–Trinajstić information content (AvgIpc) is 2.61. The Kier molecular flexibility index (Phi) is 4.77. The number of halogens is 1. The number of rotatable bonds is 4. The van der Waals surface area contributed by atoms with Crippen molar-refractivity contribution in [3.63, 3.8) is 0 Å². The lowest BCUT2D eigenvalue weighted by atomic mass is 10.2. The number of nitrogens with zero attached hydrogens (tertiary/aromatic N) is 1. The zero-order valence-electron chi connectivity index (χ0n) is 9.87. The van der Waals surface area contributed by atoms with Crippen LogP contribution in [0.15, 0.2) is 10.3 Å². The highest BCUT2D eigenvalue weighted by atomic mass is 35.5. The summed E-state index contributed by atoms with van der Waals surface area (Å²) in [6.45, 7) is 3.75. The molecule has 0 fully saturated rings. The fourth-order valence-corrected chi connectivity index (χ4v) is 4.47. The lowest BCUT2D eigenvalue weighted by Crippen LogP contribution is -2.32. The maximum Gasteiger partial charge on any atom is 0.255 e. The minimum Gasteiger partial charge on any atom is -0.338 e. The average molecular weight is 290 g/mol. The Labute approximate surface area is 115 Å². The zero-order chi connectivity index (χ0) is 12.3. The molecular formula is C12H16ClNOS2. The molecule has 5 heteroatoms. The predicted molar refractivity (Wildman–Crippen MR) is 75.6 cm³/mol. The first-order valence-corrected chi connectivity index (χ1v) is 8.14. The molecule has 1 aliphatic rings. The van der Waals surface area contributed by atoms with Gasteiger partial charge in [-0.1, -0.05) is 0 Å². The van der Waals surface area contributed by atoms with Crippen molar-refractivity contribution in [1.82, 2.24) is 4.90 Å². The number of carbonyl (C=O) groups excluding carboxylic acids is 1. The normalized spacial score (nSPS) is 15.9. The van der Waals surface area contributed by atoms with E-state index in [0.717, 1.165) is 37.2 Å². The van der Waals surface area contributed by atoms with Crippen molar-refractivity contribution >= 4 is 40.6 Å². The van der Waals surface area contributed by atoms with E-state index in [1.807, 2.05) is 22.7 Å². The Bertz CT molecular complexity index is 405. The van der Waals surface area contributed by atoms with Gasteiger partial charge in [0.2, 0.25) is 0 Å². The predicted octanol–water partition coefficient (Wildman–Crippen LogP) is 3.62. The minimum atomic E-state index is 0.198. The molecule has 0 radical (unpaired) electrons. The van der Waals surface area contributed by atoms with Gasteiger partial charge in [-0.25, -0.2) is 0 Å². The van der Waals surface area contributed by atoms with Crippen molar-refractivity contribution in [3.8, 4) is 0 Å². The number of fused-ring (bicyclic) bond motifs is 1. The molecule has 1 amide bonds. The van der Waals surface area contributed by atoms with Gasteiger partial charge in [-0.2, -0.15) is 0 Å². The van der Waals surface area contributed by atoms with E-state index >= 15 is 0 Å². The van der Waals surface area contributed by atoms with E-state index in [4.69, 9.17) is 11.6 Å². The largest absolute Gasteiger partial charge is 0.338 e. The summed E-state index contributed by atoms with van der Waals surface area (Å²) < 4.78 is 1.19. The smallest absolute Gasteiger partial charge is 0.255 e. The fourth-order valence-electron chi connectivity index (χ4n) is 1.88. The molecular weight excluding hydrogens is 274 g/mol. The second-order valence-corrected chi connectivity index (χ2v) is 7.09. The van der Waals surface area contributed by atoms with Crippen molar-refractivity contribution in [3.05, 3.63) is 16.5 Å². The first kappa shape index (κ1) is 13.2. The van der Waals surface area contributed by atoms with E-state index < -0.39 is 0 Å². The Morgan fingerprint density at radius 2 is 2.29 bits per heavy atom. The summed E-state index contributed by atoms with van der Waals surface area (Å²) in [6, 6.07) is 2.02. The second kappa shape index (κ2) is 6.12. The number of hydrogen-bond acceptors (Lipinski definition) is 3. The molecule has 1 aromatic rings. The van der Waals surface area contributed by atoms with Crippen LogP contribution in [0.1, 0.15) is 28.1 Å². The minimum absolute atomic E-state index is 0.198. The third-order valence-corrected chi connectivity index (χ3v) is 5.33. The van der Waals surface area contributed by atoms with E-state index in [-0.39, 0.29) is 5.91 Å². The van der Waals surface area contributed by atoms with E-state index in [1.54, 1.807) is 11.3 Å². The summed E-state index contributed by atoms with van der Waals surface area (Å²) in [6.07, 6.45) is 1.98. The van der Waals surface area contributed by atoms with Crippen LogP contribution in [-0.2, 0) is 0 Å². The molecule has 0 saturated carbocycles.